The van der Waals surface area contributed by atoms with Gasteiger partial charge in [-0.3, -0.25) is 0 Å². The van der Waals surface area contributed by atoms with Crippen LogP contribution in [0, 0.1) is 0 Å². The van der Waals surface area contributed by atoms with Crippen molar-refractivity contribution in [3.63, 3.8) is 0 Å². The van der Waals surface area contributed by atoms with Crippen LogP contribution in [-0.4, -0.2) is 9.97 Å². The molecule has 1 aliphatic carbocycles. The maximum absolute atomic E-state index is 5.32. The maximum Gasteiger partial charge on any atom is 0.161 e. The molecule has 1 heterocycles. The van der Waals surface area contributed by atoms with E-state index in [0.29, 0.717) is 5.82 Å². The highest BCUT2D eigenvalue weighted by molar-refractivity contribution is 6.05. The van der Waals surface area contributed by atoms with Crippen molar-refractivity contribution in [3.8, 4) is 67.3 Å². The molecular weight excluding hydrogens is 713 g/mol. The van der Waals surface area contributed by atoms with Crippen LogP contribution in [0.4, 0.5) is 0 Å². The molecule has 0 bridgehead atoms. The second-order valence-electron chi connectivity index (χ2n) is 15.3. The summed E-state index contributed by atoms with van der Waals surface area (Å²) in [5.74, 6) is 0.701. The van der Waals surface area contributed by atoms with E-state index in [1.165, 1.54) is 50.1 Å². The fourth-order valence-electron chi connectivity index (χ4n) is 9.32. The molecule has 0 amide bonds. The van der Waals surface area contributed by atoms with Gasteiger partial charge in [-0.1, -0.05) is 206 Å². The van der Waals surface area contributed by atoms with Crippen LogP contribution in [0.1, 0.15) is 22.3 Å². The minimum atomic E-state index is -0.432. The molecule has 0 spiro atoms. The highest BCUT2D eigenvalue weighted by Gasteiger charge is 2.46. The Hall–Kier alpha value is -7.68. The Kier molecular flexibility index (Phi) is 8.41. The number of hydrogen-bond donors (Lipinski definition) is 0. The molecule has 0 saturated heterocycles. The van der Waals surface area contributed by atoms with Gasteiger partial charge >= 0.3 is 0 Å². The lowest BCUT2D eigenvalue weighted by Crippen LogP contribution is -2.28. The number of nitrogens with zero attached hydrogens (tertiary/aromatic N) is 2. The molecule has 2 nitrogen and oxygen atoms in total. The molecule has 59 heavy (non-hydrogen) atoms. The van der Waals surface area contributed by atoms with Gasteiger partial charge in [0, 0.05) is 16.7 Å². The molecule has 0 fully saturated rings. The van der Waals surface area contributed by atoms with Crippen LogP contribution in [0.15, 0.2) is 231 Å². The maximum atomic E-state index is 5.32. The molecule has 11 rings (SSSR count). The molecular formula is C57H38N2. The summed E-state index contributed by atoms with van der Waals surface area (Å²) < 4.78 is 0. The molecule has 9 aromatic carbocycles. The highest BCUT2D eigenvalue weighted by Crippen LogP contribution is 2.56. The Morgan fingerprint density at radius 1 is 0.271 bits per heavy atom. The van der Waals surface area contributed by atoms with Crippen molar-refractivity contribution in [3.05, 3.63) is 253 Å². The molecule has 10 aromatic rings. The summed E-state index contributed by atoms with van der Waals surface area (Å²) in [7, 11) is 0. The first-order chi connectivity index (χ1) is 29.3. The molecule has 0 unspecified atom stereocenters. The Bertz CT molecular complexity index is 3100. The summed E-state index contributed by atoms with van der Waals surface area (Å²) in [6.45, 7) is 0. The van der Waals surface area contributed by atoms with Gasteiger partial charge in [-0.15, -0.1) is 0 Å². The van der Waals surface area contributed by atoms with Gasteiger partial charge in [0.1, 0.15) is 0 Å². The number of benzene rings is 9. The molecule has 2 heteroatoms. The van der Waals surface area contributed by atoms with E-state index in [9.17, 15) is 0 Å². The van der Waals surface area contributed by atoms with Crippen LogP contribution in [-0.2, 0) is 5.41 Å². The molecule has 0 atom stereocenters. The number of rotatable bonds is 7. The minimum absolute atomic E-state index is 0.432. The van der Waals surface area contributed by atoms with Crippen LogP contribution in [0.5, 0.6) is 0 Å². The normalized spacial score (nSPS) is 12.5. The average Bonchev–Trinajstić information content (AvgIpc) is 3.62. The van der Waals surface area contributed by atoms with Crippen LogP contribution >= 0.6 is 0 Å². The van der Waals surface area contributed by atoms with Gasteiger partial charge < -0.3 is 0 Å². The second kappa shape index (κ2) is 14.4. The van der Waals surface area contributed by atoms with E-state index in [4.69, 9.17) is 9.97 Å². The Balaban J connectivity index is 1.08. The smallest absolute Gasteiger partial charge is 0.161 e. The first kappa shape index (κ1) is 34.6. The van der Waals surface area contributed by atoms with Crippen molar-refractivity contribution < 1.29 is 0 Å². The van der Waals surface area contributed by atoms with E-state index in [2.05, 4.69) is 224 Å². The quantitative estimate of drug-likeness (QED) is 0.162. The fourth-order valence-corrected chi connectivity index (χ4v) is 9.32. The van der Waals surface area contributed by atoms with Crippen LogP contribution in [0.3, 0.4) is 0 Å². The number of fused-ring (bicyclic) bond motifs is 4. The molecule has 1 aromatic heterocycles. The van der Waals surface area contributed by atoms with E-state index >= 15 is 0 Å². The summed E-state index contributed by atoms with van der Waals surface area (Å²) in [5.41, 5.74) is 16.8. The van der Waals surface area contributed by atoms with Crippen molar-refractivity contribution in [2.45, 2.75) is 5.41 Å². The molecule has 1 aliphatic rings. The van der Waals surface area contributed by atoms with Crippen molar-refractivity contribution in [1.29, 1.82) is 0 Å². The lowest BCUT2D eigenvalue weighted by molar-refractivity contribution is 0.768. The fraction of sp³-hybridized carbons (Fsp3) is 0.0175. The van der Waals surface area contributed by atoms with Gasteiger partial charge in [-0.05, 0) is 90.7 Å². The third-order valence-corrected chi connectivity index (χ3v) is 12.0. The van der Waals surface area contributed by atoms with Crippen molar-refractivity contribution >= 4 is 10.8 Å². The zero-order valence-corrected chi connectivity index (χ0v) is 32.3. The van der Waals surface area contributed by atoms with E-state index in [-0.39, 0.29) is 0 Å². The van der Waals surface area contributed by atoms with Crippen LogP contribution in [0.2, 0.25) is 0 Å². The monoisotopic (exact) mass is 750 g/mol. The summed E-state index contributed by atoms with van der Waals surface area (Å²) in [4.78, 5) is 10.6. The zero-order valence-electron chi connectivity index (χ0n) is 32.3. The van der Waals surface area contributed by atoms with Gasteiger partial charge in [0.05, 0.1) is 16.8 Å². The van der Waals surface area contributed by atoms with Crippen molar-refractivity contribution in [1.82, 2.24) is 9.97 Å². The Morgan fingerprint density at radius 3 is 1.47 bits per heavy atom. The molecule has 276 valence electrons. The van der Waals surface area contributed by atoms with E-state index in [1.54, 1.807) is 0 Å². The number of hydrogen-bond acceptors (Lipinski definition) is 2. The lowest BCUT2D eigenvalue weighted by atomic mass is 9.67. The minimum Gasteiger partial charge on any atom is -0.228 e. The average molecular weight is 751 g/mol. The standard InChI is InChI=1S/C57H38N2/c1-5-18-39(19-6-1)41-22-17-23-43(36-41)55-38-54(40-20-7-2-8-21-40)58-56(59-55)50-34-33-46(47-28-13-14-29-48(47)50)42-32-35-53-51(37-42)49-30-15-16-31-52(49)57(53,44-24-9-3-10-25-44)45-26-11-4-12-27-45/h1-38H. The Morgan fingerprint density at radius 2 is 0.780 bits per heavy atom. The molecule has 0 saturated carbocycles. The number of aromatic nitrogens is 2. The van der Waals surface area contributed by atoms with E-state index in [0.717, 1.165) is 44.4 Å². The lowest BCUT2D eigenvalue weighted by Gasteiger charge is -2.33. The largest absolute Gasteiger partial charge is 0.228 e. The summed E-state index contributed by atoms with van der Waals surface area (Å²) in [5, 5.41) is 2.28. The van der Waals surface area contributed by atoms with Crippen molar-refractivity contribution in [2.75, 3.05) is 0 Å². The summed E-state index contributed by atoms with van der Waals surface area (Å²) >= 11 is 0. The van der Waals surface area contributed by atoms with Crippen molar-refractivity contribution in [2.24, 2.45) is 0 Å². The van der Waals surface area contributed by atoms with Crippen LogP contribution in [0.25, 0.3) is 78.1 Å². The Labute approximate surface area is 344 Å². The molecule has 0 N–H and O–H groups in total. The van der Waals surface area contributed by atoms with Crippen LogP contribution < -0.4 is 0 Å². The van der Waals surface area contributed by atoms with E-state index < -0.39 is 5.41 Å². The van der Waals surface area contributed by atoms with Gasteiger partial charge in [0.15, 0.2) is 5.82 Å². The third-order valence-electron chi connectivity index (χ3n) is 12.0. The topological polar surface area (TPSA) is 25.8 Å². The van der Waals surface area contributed by atoms with Gasteiger partial charge in [-0.25, -0.2) is 9.97 Å². The summed E-state index contributed by atoms with van der Waals surface area (Å²) in [6.07, 6.45) is 0. The summed E-state index contributed by atoms with van der Waals surface area (Å²) in [6, 6.07) is 82.9. The van der Waals surface area contributed by atoms with Gasteiger partial charge in [0.25, 0.3) is 0 Å². The predicted molar refractivity (Wildman–Crippen MR) is 244 cm³/mol. The van der Waals surface area contributed by atoms with E-state index in [1.807, 2.05) is 6.07 Å². The van der Waals surface area contributed by atoms with Gasteiger partial charge in [-0.2, -0.15) is 0 Å². The molecule has 0 aliphatic heterocycles. The second-order valence-corrected chi connectivity index (χ2v) is 15.3. The van der Waals surface area contributed by atoms with Gasteiger partial charge in [0.2, 0.25) is 0 Å². The predicted octanol–water partition coefficient (Wildman–Crippen LogP) is 14.3. The third kappa shape index (κ3) is 5.80. The molecule has 0 radical (unpaired) electrons. The SMILES string of the molecule is c1ccc(-c2cccc(-c3cc(-c4ccccc4)nc(-c4ccc(-c5ccc6c(c5)-c5ccccc5C6(c5ccccc5)c5ccccc5)c5ccccc45)n3)c2)cc1. The highest BCUT2D eigenvalue weighted by atomic mass is 14.9. The first-order valence-corrected chi connectivity index (χ1v) is 20.2. The zero-order chi connectivity index (χ0) is 39.2. The first-order valence-electron chi connectivity index (χ1n) is 20.2.